The number of carbonyl (C=O) groups is 1. The van der Waals surface area contributed by atoms with E-state index in [4.69, 9.17) is 0 Å². The van der Waals surface area contributed by atoms with Crippen LogP contribution in [0, 0.1) is 0 Å². The van der Waals surface area contributed by atoms with Crippen molar-refractivity contribution >= 4 is 5.78 Å². The van der Waals surface area contributed by atoms with Gasteiger partial charge < -0.3 is 4.98 Å². The molecule has 2 aromatic heterocycles. The zero-order chi connectivity index (χ0) is 9.97. The molecule has 0 aliphatic rings. The largest absolute Gasteiger partial charge is 0.335 e. The van der Waals surface area contributed by atoms with E-state index in [1.54, 1.807) is 18.6 Å². The van der Waals surface area contributed by atoms with Gasteiger partial charge in [-0.1, -0.05) is 0 Å². The molecule has 0 saturated carbocycles. The first-order valence-electron chi connectivity index (χ1n) is 4.08. The molecule has 1 N–H and O–H groups in total. The Labute approximate surface area is 80.2 Å². The predicted octanol–water partition coefficient (Wildman–Crippen LogP) is 1.07. The second kappa shape index (κ2) is 3.37. The minimum atomic E-state index is -0.0897. The number of hydrogen-bond acceptors (Lipinski definition) is 4. The number of aromatic nitrogens is 4. The highest BCUT2D eigenvalue weighted by atomic mass is 16.1. The second-order valence-corrected chi connectivity index (χ2v) is 2.83. The highest BCUT2D eigenvalue weighted by Crippen LogP contribution is 2.13. The van der Waals surface area contributed by atoms with Crippen LogP contribution in [0.5, 0.6) is 0 Å². The van der Waals surface area contributed by atoms with Gasteiger partial charge in [-0.15, -0.1) is 0 Å². The summed E-state index contributed by atoms with van der Waals surface area (Å²) in [6.07, 6.45) is 6.36. The van der Waals surface area contributed by atoms with E-state index in [0.29, 0.717) is 5.82 Å². The van der Waals surface area contributed by atoms with E-state index in [-0.39, 0.29) is 5.78 Å². The molecule has 0 bridgehead atoms. The van der Waals surface area contributed by atoms with Crippen LogP contribution in [0.15, 0.2) is 24.9 Å². The van der Waals surface area contributed by atoms with Gasteiger partial charge in [-0.2, -0.15) is 0 Å². The lowest BCUT2D eigenvalue weighted by Gasteiger charge is -1.93. The molecule has 0 aliphatic heterocycles. The van der Waals surface area contributed by atoms with Crippen LogP contribution < -0.4 is 0 Å². The summed E-state index contributed by atoms with van der Waals surface area (Å²) in [7, 11) is 0. The first-order chi connectivity index (χ1) is 6.77. The van der Waals surface area contributed by atoms with E-state index in [9.17, 15) is 4.79 Å². The Hall–Kier alpha value is -2.04. The summed E-state index contributed by atoms with van der Waals surface area (Å²) in [5, 5.41) is 0. The maximum atomic E-state index is 11.0. The number of hydrogen-bond donors (Lipinski definition) is 1. The van der Waals surface area contributed by atoms with Crippen LogP contribution in [0.1, 0.15) is 17.5 Å². The lowest BCUT2D eigenvalue weighted by molar-refractivity contribution is 0.100. The normalized spacial score (nSPS) is 10.1. The Balaban J connectivity index is 2.39. The van der Waals surface area contributed by atoms with Crippen molar-refractivity contribution in [2.24, 2.45) is 0 Å². The molecular formula is C9H8N4O. The van der Waals surface area contributed by atoms with Gasteiger partial charge in [0.05, 0.1) is 11.9 Å². The van der Waals surface area contributed by atoms with Crippen molar-refractivity contribution in [2.75, 3.05) is 0 Å². The van der Waals surface area contributed by atoms with Gasteiger partial charge in [-0.3, -0.25) is 4.79 Å². The minimum absolute atomic E-state index is 0.0897. The Kier molecular flexibility index (Phi) is 2.06. The van der Waals surface area contributed by atoms with Gasteiger partial charge in [0, 0.05) is 24.9 Å². The van der Waals surface area contributed by atoms with E-state index in [2.05, 4.69) is 19.9 Å². The molecule has 5 nitrogen and oxygen atoms in total. The quantitative estimate of drug-likeness (QED) is 0.715. The van der Waals surface area contributed by atoms with Crippen molar-refractivity contribution in [1.29, 1.82) is 0 Å². The first-order valence-corrected chi connectivity index (χ1v) is 4.08. The van der Waals surface area contributed by atoms with E-state index in [1.807, 2.05) is 0 Å². The minimum Gasteiger partial charge on any atom is -0.335 e. The van der Waals surface area contributed by atoms with E-state index < -0.39 is 0 Å². The van der Waals surface area contributed by atoms with E-state index >= 15 is 0 Å². The number of carbonyl (C=O) groups excluding carboxylic acids is 1. The number of nitrogens with zero attached hydrogens (tertiary/aromatic N) is 3. The Bertz CT molecular complexity index is 449. The highest BCUT2D eigenvalue weighted by Gasteiger charge is 2.06. The molecule has 70 valence electrons. The van der Waals surface area contributed by atoms with Crippen molar-refractivity contribution in [1.82, 2.24) is 19.9 Å². The van der Waals surface area contributed by atoms with Gasteiger partial charge in [0.1, 0.15) is 6.33 Å². The number of imidazole rings is 1. The number of aromatic amines is 1. The number of Topliss-reactive ketones (excluding diaryl/α,β-unsaturated/α-hetero) is 1. The average molecular weight is 188 g/mol. The zero-order valence-corrected chi connectivity index (χ0v) is 7.56. The molecule has 5 heteroatoms. The molecule has 0 radical (unpaired) electrons. The molecule has 0 unspecified atom stereocenters. The van der Waals surface area contributed by atoms with Crippen molar-refractivity contribution in [3.63, 3.8) is 0 Å². The fourth-order valence-corrected chi connectivity index (χ4v) is 1.09. The number of ketones is 1. The number of nitrogens with one attached hydrogen (secondary N) is 1. The molecule has 2 heterocycles. The Morgan fingerprint density at radius 2 is 2.00 bits per heavy atom. The summed E-state index contributed by atoms with van der Waals surface area (Å²) < 4.78 is 0. The fourth-order valence-electron chi connectivity index (χ4n) is 1.09. The maximum absolute atomic E-state index is 11.0. The van der Waals surface area contributed by atoms with Gasteiger partial charge in [0.15, 0.2) is 11.6 Å². The molecule has 2 rings (SSSR count). The topological polar surface area (TPSA) is 71.5 Å². The molecule has 0 atom stereocenters. The summed E-state index contributed by atoms with van der Waals surface area (Å²) >= 11 is 0. The number of rotatable bonds is 2. The molecule has 14 heavy (non-hydrogen) atoms. The first kappa shape index (κ1) is 8.55. The summed E-state index contributed by atoms with van der Waals surface area (Å²) in [5.74, 6) is 0.261. The molecule has 0 spiro atoms. The average Bonchev–Trinajstić information content (AvgIpc) is 2.68. The third-order valence-electron chi connectivity index (χ3n) is 1.78. The van der Waals surface area contributed by atoms with Crippen LogP contribution >= 0.6 is 0 Å². The maximum Gasteiger partial charge on any atom is 0.194 e. The smallest absolute Gasteiger partial charge is 0.194 e. The van der Waals surface area contributed by atoms with Crippen molar-refractivity contribution < 1.29 is 4.79 Å². The zero-order valence-electron chi connectivity index (χ0n) is 7.56. The van der Waals surface area contributed by atoms with Crippen LogP contribution in [0.3, 0.4) is 0 Å². The second-order valence-electron chi connectivity index (χ2n) is 2.83. The molecule has 0 saturated heterocycles. The Morgan fingerprint density at radius 3 is 2.57 bits per heavy atom. The van der Waals surface area contributed by atoms with E-state index in [1.165, 1.54) is 13.3 Å². The van der Waals surface area contributed by atoms with Gasteiger partial charge in [-0.05, 0) is 0 Å². The van der Waals surface area contributed by atoms with Crippen molar-refractivity contribution in [3.8, 4) is 11.3 Å². The predicted molar refractivity (Wildman–Crippen MR) is 49.6 cm³/mol. The molecule has 0 aromatic carbocycles. The van der Waals surface area contributed by atoms with E-state index in [0.717, 1.165) is 11.3 Å². The van der Waals surface area contributed by atoms with Gasteiger partial charge in [0.2, 0.25) is 0 Å². The standard InChI is InChI=1S/C9H8N4O/c1-6(14)9-12-4-8(13-9)7-2-10-5-11-3-7/h2-5H,1H3,(H,12,13). The third-order valence-corrected chi connectivity index (χ3v) is 1.78. The molecule has 0 fully saturated rings. The van der Waals surface area contributed by atoms with Crippen LogP contribution in [-0.4, -0.2) is 25.7 Å². The van der Waals surface area contributed by atoms with Crippen molar-refractivity contribution in [3.05, 3.63) is 30.7 Å². The van der Waals surface area contributed by atoms with Crippen LogP contribution in [0.2, 0.25) is 0 Å². The summed E-state index contributed by atoms with van der Waals surface area (Å²) in [4.78, 5) is 25.5. The van der Waals surface area contributed by atoms with Crippen molar-refractivity contribution in [2.45, 2.75) is 6.92 Å². The van der Waals surface area contributed by atoms with Gasteiger partial charge in [0.25, 0.3) is 0 Å². The monoisotopic (exact) mass is 188 g/mol. The summed E-state index contributed by atoms with van der Waals surface area (Å²) in [5.41, 5.74) is 1.56. The van der Waals surface area contributed by atoms with Gasteiger partial charge >= 0.3 is 0 Å². The lowest BCUT2D eigenvalue weighted by atomic mass is 10.3. The molecule has 2 aromatic rings. The number of H-pyrrole nitrogens is 1. The van der Waals surface area contributed by atoms with Gasteiger partial charge in [-0.25, -0.2) is 15.0 Å². The fraction of sp³-hybridized carbons (Fsp3) is 0.111. The SMILES string of the molecule is CC(=O)c1ncc(-c2cncnc2)[nH]1. The highest BCUT2D eigenvalue weighted by molar-refractivity contribution is 5.90. The summed E-state index contributed by atoms with van der Waals surface area (Å²) in [6, 6.07) is 0. The van der Waals surface area contributed by atoms with Crippen LogP contribution in [0.25, 0.3) is 11.3 Å². The summed E-state index contributed by atoms with van der Waals surface area (Å²) in [6.45, 7) is 1.46. The third kappa shape index (κ3) is 1.52. The van der Waals surface area contributed by atoms with Crippen LogP contribution in [-0.2, 0) is 0 Å². The Morgan fingerprint density at radius 1 is 1.29 bits per heavy atom. The molecular weight excluding hydrogens is 180 g/mol. The molecule has 0 amide bonds. The molecule has 0 aliphatic carbocycles. The van der Waals surface area contributed by atoms with Crippen LogP contribution in [0.4, 0.5) is 0 Å². The lowest BCUT2D eigenvalue weighted by Crippen LogP contribution is -1.94.